The van der Waals surface area contributed by atoms with Gasteiger partial charge in [-0.1, -0.05) is 30.3 Å². The number of urea groups is 1. The predicted octanol–water partition coefficient (Wildman–Crippen LogP) is 3.72. The van der Waals surface area contributed by atoms with Gasteiger partial charge in [0.15, 0.2) is 0 Å². The number of carbonyl (C=O) groups excluding carboxylic acids is 1. The minimum atomic E-state index is -0.449. The zero-order chi connectivity index (χ0) is 17.6. The highest BCUT2D eigenvalue weighted by Gasteiger charge is 2.14. The normalized spacial score (nSPS) is 12.3. The molecule has 5 nitrogen and oxygen atoms in total. The van der Waals surface area contributed by atoms with Crippen molar-refractivity contribution in [3.63, 3.8) is 0 Å². The zero-order valence-corrected chi connectivity index (χ0v) is 14.2. The number of nitrogens with one attached hydrogen (secondary N) is 2. The number of benzene rings is 2. The van der Waals surface area contributed by atoms with Crippen LogP contribution in [0.5, 0.6) is 5.75 Å². The summed E-state index contributed by atoms with van der Waals surface area (Å²) in [5, 5.41) is 15.0. The van der Waals surface area contributed by atoms with E-state index in [1.807, 2.05) is 63.2 Å². The molecule has 2 aromatic rings. The maximum Gasteiger partial charge on any atom is 0.319 e. The van der Waals surface area contributed by atoms with Crippen molar-refractivity contribution in [2.45, 2.75) is 32.4 Å². The van der Waals surface area contributed by atoms with Gasteiger partial charge in [0, 0.05) is 5.69 Å². The van der Waals surface area contributed by atoms with Crippen molar-refractivity contribution in [3.05, 3.63) is 60.2 Å². The topological polar surface area (TPSA) is 70.6 Å². The highest BCUT2D eigenvalue weighted by Crippen LogP contribution is 2.20. The van der Waals surface area contributed by atoms with Gasteiger partial charge in [-0.05, 0) is 50.6 Å². The Balaban J connectivity index is 1.94. The molecule has 0 saturated heterocycles. The fourth-order valence-electron chi connectivity index (χ4n) is 2.21. The fraction of sp³-hybridized carbons (Fsp3) is 0.316. The van der Waals surface area contributed by atoms with Gasteiger partial charge in [-0.2, -0.15) is 0 Å². The number of amides is 2. The first-order valence-corrected chi connectivity index (χ1v) is 7.90. The second kappa shape index (κ2) is 7.84. The number of carbonyl (C=O) groups is 1. The first-order valence-electron chi connectivity index (χ1n) is 7.90. The highest BCUT2D eigenvalue weighted by atomic mass is 16.5. The van der Waals surface area contributed by atoms with Gasteiger partial charge in [-0.3, -0.25) is 0 Å². The molecule has 0 aliphatic carbocycles. The van der Waals surface area contributed by atoms with Crippen LogP contribution in [0.25, 0.3) is 0 Å². The molecule has 128 valence electrons. The Bertz CT molecular complexity index is 649. The molecule has 2 amide bonds. The molecule has 0 fully saturated rings. The Labute approximate surface area is 142 Å². The van der Waals surface area contributed by atoms with E-state index in [0.717, 1.165) is 11.3 Å². The third-order valence-corrected chi connectivity index (χ3v) is 3.23. The molecule has 1 atom stereocenters. The van der Waals surface area contributed by atoms with Gasteiger partial charge >= 0.3 is 6.03 Å². The quantitative estimate of drug-likeness (QED) is 0.783. The summed E-state index contributed by atoms with van der Waals surface area (Å²) >= 11 is 0. The van der Waals surface area contributed by atoms with E-state index < -0.39 is 6.04 Å². The van der Waals surface area contributed by atoms with Gasteiger partial charge in [-0.25, -0.2) is 4.79 Å². The van der Waals surface area contributed by atoms with Crippen LogP contribution in [0.3, 0.4) is 0 Å². The average molecular weight is 328 g/mol. The molecule has 5 heteroatoms. The molecule has 0 spiro atoms. The first-order chi connectivity index (χ1) is 11.4. The Kier molecular flexibility index (Phi) is 5.82. The van der Waals surface area contributed by atoms with Crippen LogP contribution in [0.15, 0.2) is 54.6 Å². The molecule has 0 radical (unpaired) electrons. The first kappa shape index (κ1) is 17.8. The van der Waals surface area contributed by atoms with Crippen LogP contribution in [0.1, 0.15) is 32.4 Å². The number of anilines is 1. The van der Waals surface area contributed by atoms with Crippen LogP contribution < -0.4 is 15.4 Å². The molecule has 0 bridgehead atoms. The number of rotatable bonds is 5. The summed E-state index contributed by atoms with van der Waals surface area (Å²) in [6.45, 7) is 5.76. The van der Waals surface area contributed by atoms with Crippen molar-refractivity contribution < 1.29 is 14.6 Å². The molecule has 0 aliphatic rings. The van der Waals surface area contributed by atoms with Crippen molar-refractivity contribution in [2.75, 3.05) is 11.9 Å². The summed E-state index contributed by atoms with van der Waals surface area (Å²) in [5.41, 5.74) is 1.23. The van der Waals surface area contributed by atoms with Crippen LogP contribution in [0, 0.1) is 0 Å². The maximum atomic E-state index is 12.1. The molecular formula is C19H24N2O3. The summed E-state index contributed by atoms with van der Waals surface area (Å²) < 4.78 is 5.74. The van der Waals surface area contributed by atoms with Crippen LogP contribution in [0.4, 0.5) is 10.5 Å². The number of aliphatic hydroxyl groups is 1. The summed E-state index contributed by atoms with van der Waals surface area (Å²) in [6.07, 6.45) is 0. The van der Waals surface area contributed by atoms with Crippen molar-refractivity contribution in [1.82, 2.24) is 5.32 Å². The predicted molar refractivity (Wildman–Crippen MR) is 95.2 cm³/mol. The summed E-state index contributed by atoms with van der Waals surface area (Å²) in [5.74, 6) is 0.742. The molecule has 0 aliphatic heterocycles. The van der Waals surface area contributed by atoms with E-state index in [4.69, 9.17) is 4.74 Å². The maximum absolute atomic E-state index is 12.1. The van der Waals surface area contributed by atoms with E-state index in [9.17, 15) is 9.90 Å². The lowest BCUT2D eigenvalue weighted by atomic mass is 10.1. The van der Waals surface area contributed by atoms with Crippen molar-refractivity contribution in [3.8, 4) is 5.75 Å². The lowest BCUT2D eigenvalue weighted by molar-refractivity contribution is 0.131. The standard InChI is InChI=1S/C19H24N2O3/c1-19(2,3)24-16-11-9-15(10-12-16)20-18(23)21-17(13-22)14-7-5-4-6-8-14/h4-12,17,22H,13H2,1-3H3,(H2,20,21,23)/t17-/m1/s1. The average Bonchev–Trinajstić information content (AvgIpc) is 2.54. The third-order valence-electron chi connectivity index (χ3n) is 3.23. The largest absolute Gasteiger partial charge is 0.488 e. The Morgan fingerprint density at radius 2 is 1.71 bits per heavy atom. The van der Waals surface area contributed by atoms with Gasteiger partial charge < -0.3 is 20.5 Å². The Morgan fingerprint density at radius 1 is 1.08 bits per heavy atom. The van der Waals surface area contributed by atoms with E-state index in [2.05, 4.69) is 10.6 Å². The van der Waals surface area contributed by atoms with E-state index in [-0.39, 0.29) is 18.2 Å². The Morgan fingerprint density at radius 3 is 2.25 bits per heavy atom. The SMILES string of the molecule is CC(C)(C)Oc1ccc(NC(=O)N[C@H](CO)c2ccccc2)cc1. The molecule has 0 heterocycles. The smallest absolute Gasteiger partial charge is 0.319 e. The molecule has 2 aromatic carbocycles. The summed E-state index contributed by atoms with van der Waals surface area (Å²) in [7, 11) is 0. The number of aliphatic hydroxyl groups excluding tert-OH is 1. The minimum absolute atomic E-state index is 0.171. The number of hydrogen-bond acceptors (Lipinski definition) is 3. The monoisotopic (exact) mass is 328 g/mol. The van der Waals surface area contributed by atoms with Gasteiger partial charge in [0.05, 0.1) is 12.6 Å². The van der Waals surface area contributed by atoms with Crippen LogP contribution in [-0.2, 0) is 0 Å². The molecule has 2 rings (SSSR count). The van der Waals surface area contributed by atoms with Crippen molar-refractivity contribution >= 4 is 11.7 Å². The zero-order valence-electron chi connectivity index (χ0n) is 14.2. The van der Waals surface area contributed by atoms with Crippen LogP contribution in [-0.4, -0.2) is 23.3 Å². The molecule has 0 unspecified atom stereocenters. The van der Waals surface area contributed by atoms with Gasteiger partial charge in [-0.15, -0.1) is 0 Å². The molecule has 24 heavy (non-hydrogen) atoms. The minimum Gasteiger partial charge on any atom is -0.488 e. The van der Waals surface area contributed by atoms with E-state index in [1.165, 1.54) is 0 Å². The van der Waals surface area contributed by atoms with Gasteiger partial charge in [0.2, 0.25) is 0 Å². The number of ether oxygens (including phenoxy) is 1. The van der Waals surface area contributed by atoms with E-state index >= 15 is 0 Å². The van der Waals surface area contributed by atoms with Gasteiger partial charge in [0.1, 0.15) is 11.4 Å². The summed E-state index contributed by atoms with van der Waals surface area (Å²) in [6, 6.07) is 15.7. The fourth-order valence-corrected chi connectivity index (χ4v) is 2.21. The molecular weight excluding hydrogens is 304 g/mol. The molecule has 3 N–H and O–H groups in total. The third kappa shape index (κ3) is 5.59. The highest BCUT2D eigenvalue weighted by molar-refractivity contribution is 5.89. The van der Waals surface area contributed by atoms with Crippen LogP contribution in [0.2, 0.25) is 0 Å². The second-order valence-corrected chi connectivity index (χ2v) is 6.48. The van der Waals surface area contributed by atoms with Crippen molar-refractivity contribution in [1.29, 1.82) is 0 Å². The lowest BCUT2D eigenvalue weighted by Crippen LogP contribution is -2.34. The molecule has 0 aromatic heterocycles. The number of hydrogen-bond donors (Lipinski definition) is 3. The van der Waals surface area contributed by atoms with E-state index in [0.29, 0.717) is 5.69 Å². The van der Waals surface area contributed by atoms with Crippen molar-refractivity contribution in [2.24, 2.45) is 0 Å². The Hall–Kier alpha value is -2.53. The molecule has 0 saturated carbocycles. The second-order valence-electron chi connectivity index (χ2n) is 6.48. The van der Waals surface area contributed by atoms with E-state index in [1.54, 1.807) is 12.1 Å². The summed E-state index contributed by atoms with van der Waals surface area (Å²) in [4.78, 5) is 12.1. The van der Waals surface area contributed by atoms with Gasteiger partial charge in [0.25, 0.3) is 0 Å². The van der Waals surface area contributed by atoms with Crippen LogP contribution >= 0.6 is 0 Å². The lowest BCUT2D eigenvalue weighted by Gasteiger charge is -2.21.